The lowest BCUT2D eigenvalue weighted by molar-refractivity contribution is -0.115. The van der Waals surface area contributed by atoms with Gasteiger partial charge in [-0.05, 0) is 49.6 Å². The quantitative estimate of drug-likeness (QED) is 0.828. The second-order valence-electron chi connectivity index (χ2n) is 4.99. The van der Waals surface area contributed by atoms with E-state index < -0.39 is 0 Å². The van der Waals surface area contributed by atoms with Crippen molar-refractivity contribution in [1.82, 2.24) is 20.3 Å². The summed E-state index contributed by atoms with van der Waals surface area (Å²) in [6.45, 7) is 1.30. The molecule has 0 saturated heterocycles. The molecule has 0 aliphatic heterocycles. The van der Waals surface area contributed by atoms with Crippen molar-refractivity contribution >= 4 is 11.6 Å². The van der Waals surface area contributed by atoms with Crippen molar-refractivity contribution in [3.8, 4) is 5.69 Å². The van der Waals surface area contributed by atoms with Crippen LogP contribution in [-0.4, -0.2) is 34.0 Å². The van der Waals surface area contributed by atoms with Crippen molar-refractivity contribution in [3.05, 3.63) is 36.7 Å². The number of carbonyl (C=O) groups is 1. The van der Waals surface area contributed by atoms with Crippen LogP contribution >= 0.6 is 0 Å². The predicted octanol–water partition coefficient (Wildman–Crippen LogP) is 1.21. The molecule has 6 heteroatoms. The van der Waals surface area contributed by atoms with Gasteiger partial charge >= 0.3 is 0 Å². The van der Waals surface area contributed by atoms with Gasteiger partial charge < -0.3 is 10.6 Å². The molecule has 0 atom stereocenters. The van der Waals surface area contributed by atoms with Crippen molar-refractivity contribution in [3.63, 3.8) is 0 Å². The second-order valence-corrected chi connectivity index (χ2v) is 4.99. The third-order valence-electron chi connectivity index (χ3n) is 3.22. The Morgan fingerprint density at radius 1 is 1.20 bits per heavy atom. The molecule has 1 amide bonds. The summed E-state index contributed by atoms with van der Waals surface area (Å²) in [6, 6.07) is 7.43. The zero-order valence-electron chi connectivity index (χ0n) is 11.1. The average molecular weight is 271 g/mol. The molecule has 1 aliphatic carbocycles. The van der Waals surface area contributed by atoms with Gasteiger partial charge in [0.05, 0.1) is 24.6 Å². The van der Waals surface area contributed by atoms with Gasteiger partial charge in [-0.2, -0.15) is 15.0 Å². The number of nitrogens with one attached hydrogen (secondary N) is 2. The lowest BCUT2D eigenvalue weighted by atomic mass is 10.3. The summed E-state index contributed by atoms with van der Waals surface area (Å²) in [5.41, 5.74) is 1.64. The number of aromatic nitrogens is 3. The lowest BCUT2D eigenvalue weighted by Crippen LogP contribution is -2.29. The van der Waals surface area contributed by atoms with Gasteiger partial charge in [0.2, 0.25) is 5.91 Å². The van der Waals surface area contributed by atoms with Gasteiger partial charge in [0.1, 0.15) is 0 Å². The first kappa shape index (κ1) is 12.8. The molecule has 0 spiro atoms. The van der Waals surface area contributed by atoms with E-state index in [9.17, 15) is 4.79 Å². The van der Waals surface area contributed by atoms with Crippen molar-refractivity contribution < 1.29 is 4.79 Å². The van der Waals surface area contributed by atoms with E-state index in [4.69, 9.17) is 0 Å². The first-order valence-electron chi connectivity index (χ1n) is 6.78. The Bertz CT molecular complexity index is 560. The standard InChI is InChI=1S/C14H17N5O/c20-14(10-15-9-11-1-2-11)18-12-3-5-13(6-4-12)19-16-7-8-17-19/h3-8,11,15H,1-2,9-10H2,(H,18,20). The maximum atomic E-state index is 11.7. The highest BCUT2D eigenvalue weighted by atomic mass is 16.1. The van der Waals surface area contributed by atoms with Gasteiger partial charge in [0, 0.05) is 5.69 Å². The van der Waals surface area contributed by atoms with E-state index in [2.05, 4.69) is 20.8 Å². The van der Waals surface area contributed by atoms with Crippen molar-refractivity contribution in [2.75, 3.05) is 18.4 Å². The number of nitrogens with zero attached hydrogens (tertiary/aromatic N) is 3. The van der Waals surface area contributed by atoms with Crippen LogP contribution in [0, 0.1) is 5.92 Å². The predicted molar refractivity (Wildman–Crippen MR) is 75.6 cm³/mol. The topological polar surface area (TPSA) is 71.8 Å². The zero-order valence-corrected chi connectivity index (χ0v) is 11.1. The normalized spacial score (nSPS) is 14.2. The molecule has 3 rings (SSSR count). The molecule has 1 fully saturated rings. The molecule has 104 valence electrons. The number of hydrogen-bond donors (Lipinski definition) is 2. The summed E-state index contributed by atoms with van der Waals surface area (Å²) in [6.07, 6.45) is 5.83. The van der Waals surface area contributed by atoms with Crippen molar-refractivity contribution in [2.24, 2.45) is 5.92 Å². The Balaban J connectivity index is 1.50. The molecule has 1 saturated carbocycles. The largest absolute Gasteiger partial charge is 0.325 e. The molecule has 0 radical (unpaired) electrons. The van der Waals surface area contributed by atoms with Crippen LogP contribution in [0.4, 0.5) is 5.69 Å². The molecule has 2 aromatic rings. The fourth-order valence-electron chi connectivity index (χ4n) is 1.94. The van der Waals surface area contributed by atoms with Gasteiger partial charge in [-0.25, -0.2) is 0 Å². The van der Waals surface area contributed by atoms with E-state index in [-0.39, 0.29) is 5.91 Å². The highest BCUT2D eigenvalue weighted by molar-refractivity contribution is 5.92. The van der Waals surface area contributed by atoms with Gasteiger partial charge in [-0.15, -0.1) is 0 Å². The van der Waals surface area contributed by atoms with E-state index in [0.29, 0.717) is 6.54 Å². The van der Waals surface area contributed by atoms with Crippen LogP contribution in [0.25, 0.3) is 5.69 Å². The Kier molecular flexibility index (Phi) is 3.73. The second kappa shape index (κ2) is 5.83. The molecule has 6 nitrogen and oxygen atoms in total. The van der Waals surface area contributed by atoms with Crippen molar-refractivity contribution in [2.45, 2.75) is 12.8 Å². The minimum Gasteiger partial charge on any atom is -0.325 e. The van der Waals surface area contributed by atoms with Crippen molar-refractivity contribution in [1.29, 1.82) is 0 Å². The lowest BCUT2D eigenvalue weighted by Gasteiger charge is -2.07. The monoisotopic (exact) mass is 271 g/mol. The maximum Gasteiger partial charge on any atom is 0.238 e. The maximum absolute atomic E-state index is 11.7. The number of amides is 1. The van der Waals surface area contributed by atoms with E-state index in [1.807, 2.05) is 24.3 Å². The van der Waals surface area contributed by atoms with Crippen LogP contribution in [0.2, 0.25) is 0 Å². The molecular formula is C14H17N5O. The van der Waals surface area contributed by atoms with Crippen LogP contribution < -0.4 is 10.6 Å². The average Bonchev–Trinajstić information content (AvgIpc) is 3.11. The Hall–Kier alpha value is -2.21. The molecule has 0 unspecified atom stereocenters. The highest BCUT2D eigenvalue weighted by Gasteiger charge is 2.20. The van der Waals surface area contributed by atoms with Gasteiger partial charge in [0.15, 0.2) is 0 Å². The van der Waals surface area contributed by atoms with E-state index >= 15 is 0 Å². The van der Waals surface area contributed by atoms with Crippen LogP contribution in [0.1, 0.15) is 12.8 Å². The minimum atomic E-state index is -0.0179. The van der Waals surface area contributed by atoms with E-state index in [1.54, 1.807) is 12.4 Å². The SMILES string of the molecule is O=C(CNCC1CC1)Nc1ccc(-n2nccn2)cc1. The number of carbonyl (C=O) groups excluding carboxylic acids is 1. The van der Waals surface area contributed by atoms with E-state index in [0.717, 1.165) is 23.8 Å². The summed E-state index contributed by atoms with van der Waals surface area (Å²) >= 11 is 0. The smallest absolute Gasteiger partial charge is 0.238 e. The first-order valence-corrected chi connectivity index (χ1v) is 6.78. The third-order valence-corrected chi connectivity index (χ3v) is 3.22. The van der Waals surface area contributed by atoms with Gasteiger partial charge in [-0.3, -0.25) is 4.79 Å². The molecule has 1 aromatic carbocycles. The molecule has 20 heavy (non-hydrogen) atoms. The third kappa shape index (κ3) is 3.42. The van der Waals surface area contributed by atoms with Crippen LogP contribution in [0.15, 0.2) is 36.7 Å². The minimum absolute atomic E-state index is 0.0179. The molecular weight excluding hydrogens is 254 g/mol. The summed E-state index contributed by atoms with van der Waals surface area (Å²) in [5.74, 6) is 0.763. The van der Waals surface area contributed by atoms with Gasteiger partial charge in [0.25, 0.3) is 0 Å². The molecule has 1 heterocycles. The van der Waals surface area contributed by atoms with Crippen LogP contribution in [-0.2, 0) is 4.79 Å². The Morgan fingerprint density at radius 2 is 1.90 bits per heavy atom. The molecule has 1 aromatic heterocycles. The number of benzene rings is 1. The Morgan fingerprint density at radius 3 is 2.55 bits per heavy atom. The molecule has 0 bridgehead atoms. The zero-order chi connectivity index (χ0) is 13.8. The molecule has 2 N–H and O–H groups in total. The first-order chi connectivity index (χ1) is 9.81. The summed E-state index contributed by atoms with van der Waals surface area (Å²) in [5, 5.41) is 14.1. The van der Waals surface area contributed by atoms with Gasteiger partial charge in [-0.1, -0.05) is 0 Å². The Labute approximate surface area is 117 Å². The number of anilines is 1. The summed E-state index contributed by atoms with van der Waals surface area (Å²) in [7, 11) is 0. The number of rotatable bonds is 6. The summed E-state index contributed by atoms with van der Waals surface area (Å²) in [4.78, 5) is 13.3. The fourth-order valence-corrected chi connectivity index (χ4v) is 1.94. The number of hydrogen-bond acceptors (Lipinski definition) is 4. The van der Waals surface area contributed by atoms with Crippen LogP contribution in [0.5, 0.6) is 0 Å². The summed E-state index contributed by atoms with van der Waals surface area (Å²) < 4.78 is 0. The van der Waals surface area contributed by atoms with E-state index in [1.165, 1.54) is 17.6 Å². The fraction of sp³-hybridized carbons (Fsp3) is 0.357. The van der Waals surface area contributed by atoms with Crippen LogP contribution in [0.3, 0.4) is 0 Å². The highest BCUT2D eigenvalue weighted by Crippen LogP contribution is 2.27. The molecule has 1 aliphatic rings.